The first-order valence-electron chi connectivity index (χ1n) is 8.30. The number of hydrogen-bond donors (Lipinski definition) is 0. The SMILES string of the molecule is CC[C@H](C)C(=O)N=C1S[C@H]2CS(=O)(=O)C[C@@H]2N1Cc1ccccc1Cl. The molecular weight excluding hydrogens is 380 g/mol. The van der Waals surface area contributed by atoms with Gasteiger partial charge in [-0.2, -0.15) is 4.99 Å². The highest BCUT2D eigenvalue weighted by atomic mass is 35.5. The van der Waals surface area contributed by atoms with Crippen LogP contribution in [0.3, 0.4) is 0 Å². The molecule has 0 radical (unpaired) electrons. The molecule has 1 aromatic rings. The number of carbonyl (C=O) groups is 1. The summed E-state index contributed by atoms with van der Waals surface area (Å²) >= 11 is 7.68. The molecule has 1 aromatic carbocycles. The van der Waals surface area contributed by atoms with E-state index >= 15 is 0 Å². The van der Waals surface area contributed by atoms with Crippen molar-refractivity contribution in [2.45, 2.75) is 38.1 Å². The number of aliphatic imine (C=N–C) groups is 1. The number of amides is 1. The Kier molecular flexibility index (Phi) is 5.46. The standard InChI is InChI=1S/C17H21ClN2O3S2/c1-3-11(2)16(21)19-17-20(8-12-6-4-5-7-13(12)18)14-9-25(22,23)10-15(14)24-17/h4-7,11,14-15H,3,8-10H2,1-2H3/t11-,14-,15-/m0/s1. The van der Waals surface area contributed by atoms with E-state index in [-0.39, 0.29) is 34.6 Å². The molecule has 136 valence electrons. The van der Waals surface area contributed by atoms with Crippen LogP contribution < -0.4 is 0 Å². The zero-order chi connectivity index (χ0) is 18.2. The van der Waals surface area contributed by atoms with E-state index in [1.165, 1.54) is 11.8 Å². The summed E-state index contributed by atoms with van der Waals surface area (Å²) in [5.41, 5.74) is 0.901. The maximum Gasteiger partial charge on any atom is 0.250 e. The van der Waals surface area contributed by atoms with E-state index in [0.717, 1.165) is 12.0 Å². The largest absolute Gasteiger partial charge is 0.342 e. The second kappa shape index (κ2) is 7.29. The van der Waals surface area contributed by atoms with Crippen molar-refractivity contribution >= 4 is 44.3 Å². The number of sulfone groups is 1. The lowest BCUT2D eigenvalue weighted by Gasteiger charge is -2.25. The van der Waals surface area contributed by atoms with Gasteiger partial charge >= 0.3 is 0 Å². The summed E-state index contributed by atoms with van der Waals surface area (Å²) in [7, 11) is -3.05. The van der Waals surface area contributed by atoms with Crippen LogP contribution in [0.1, 0.15) is 25.8 Å². The molecule has 1 amide bonds. The molecule has 0 bridgehead atoms. The molecule has 2 aliphatic rings. The molecule has 25 heavy (non-hydrogen) atoms. The number of amidine groups is 1. The first-order valence-corrected chi connectivity index (χ1v) is 11.4. The smallest absolute Gasteiger partial charge is 0.250 e. The Hall–Kier alpha value is -1.05. The highest BCUT2D eigenvalue weighted by molar-refractivity contribution is 8.15. The van der Waals surface area contributed by atoms with Crippen LogP contribution in [-0.2, 0) is 21.2 Å². The van der Waals surface area contributed by atoms with Crippen molar-refractivity contribution in [2.24, 2.45) is 10.9 Å². The average Bonchev–Trinajstić information content (AvgIpc) is 3.01. The number of nitrogens with zero attached hydrogens (tertiary/aromatic N) is 2. The molecule has 0 unspecified atom stereocenters. The highest BCUT2D eigenvalue weighted by Crippen LogP contribution is 2.39. The van der Waals surface area contributed by atoms with Gasteiger partial charge in [0.1, 0.15) is 0 Å². The lowest BCUT2D eigenvalue weighted by molar-refractivity contribution is -0.121. The summed E-state index contributed by atoms with van der Waals surface area (Å²) in [6.07, 6.45) is 0.728. The van der Waals surface area contributed by atoms with Crippen molar-refractivity contribution in [1.29, 1.82) is 0 Å². The van der Waals surface area contributed by atoms with Crippen molar-refractivity contribution in [1.82, 2.24) is 4.90 Å². The van der Waals surface area contributed by atoms with Crippen molar-refractivity contribution in [3.05, 3.63) is 34.9 Å². The van der Waals surface area contributed by atoms with Crippen LogP contribution in [0.5, 0.6) is 0 Å². The van der Waals surface area contributed by atoms with Gasteiger partial charge in [0.05, 0.1) is 17.5 Å². The second-order valence-electron chi connectivity index (χ2n) is 6.56. The van der Waals surface area contributed by atoms with Gasteiger partial charge in [-0.3, -0.25) is 4.79 Å². The number of halogens is 1. The van der Waals surface area contributed by atoms with Crippen LogP contribution in [0.25, 0.3) is 0 Å². The Labute approximate surface area is 157 Å². The topological polar surface area (TPSA) is 66.8 Å². The Morgan fingerprint density at radius 2 is 2.12 bits per heavy atom. The number of fused-ring (bicyclic) bond motifs is 1. The van der Waals surface area contributed by atoms with Gasteiger partial charge in [0.25, 0.3) is 5.91 Å². The summed E-state index contributed by atoms with van der Waals surface area (Å²) < 4.78 is 24.0. The fourth-order valence-electron chi connectivity index (χ4n) is 3.01. The van der Waals surface area contributed by atoms with Crippen LogP contribution in [-0.4, -0.2) is 47.2 Å². The molecule has 8 heteroatoms. The van der Waals surface area contributed by atoms with E-state index in [4.69, 9.17) is 11.6 Å². The van der Waals surface area contributed by atoms with Crippen LogP contribution >= 0.6 is 23.4 Å². The lowest BCUT2D eigenvalue weighted by atomic mass is 10.1. The molecule has 5 nitrogen and oxygen atoms in total. The second-order valence-corrected chi connectivity index (χ2v) is 10.3. The molecule has 0 saturated carbocycles. The average molecular weight is 401 g/mol. The number of benzene rings is 1. The van der Waals surface area contributed by atoms with E-state index < -0.39 is 9.84 Å². The minimum absolute atomic E-state index is 0.0732. The maximum atomic E-state index is 12.3. The van der Waals surface area contributed by atoms with Gasteiger partial charge < -0.3 is 4.90 Å². The third-order valence-electron chi connectivity index (χ3n) is 4.71. The quantitative estimate of drug-likeness (QED) is 0.777. The van der Waals surface area contributed by atoms with Gasteiger partial charge in [-0.05, 0) is 18.1 Å². The molecule has 3 rings (SSSR count). The Morgan fingerprint density at radius 1 is 1.40 bits per heavy atom. The summed E-state index contributed by atoms with van der Waals surface area (Å²) in [4.78, 5) is 18.5. The van der Waals surface area contributed by atoms with Crippen molar-refractivity contribution in [3.63, 3.8) is 0 Å². The monoisotopic (exact) mass is 400 g/mol. The number of carbonyl (C=O) groups excluding carboxylic acids is 1. The van der Waals surface area contributed by atoms with E-state index in [1.807, 2.05) is 43.0 Å². The van der Waals surface area contributed by atoms with Gasteiger partial charge in [0, 0.05) is 22.7 Å². The summed E-state index contributed by atoms with van der Waals surface area (Å²) in [5, 5.41) is 1.18. The first kappa shape index (κ1) is 18.7. The minimum atomic E-state index is -3.05. The zero-order valence-electron chi connectivity index (χ0n) is 14.2. The number of thioether (sulfide) groups is 1. The van der Waals surface area contributed by atoms with Crippen molar-refractivity contribution in [3.8, 4) is 0 Å². The molecule has 2 aliphatic heterocycles. The molecule has 0 aliphatic carbocycles. The fraction of sp³-hybridized carbons (Fsp3) is 0.529. The molecule has 2 saturated heterocycles. The molecule has 2 fully saturated rings. The van der Waals surface area contributed by atoms with Crippen molar-refractivity contribution in [2.75, 3.05) is 11.5 Å². The van der Waals surface area contributed by atoms with Gasteiger partial charge in [-0.25, -0.2) is 8.42 Å². The molecule has 0 N–H and O–H groups in total. The van der Waals surface area contributed by atoms with Crippen LogP contribution in [0.2, 0.25) is 5.02 Å². The minimum Gasteiger partial charge on any atom is -0.342 e. The summed E-state index contributed by atoms with van der Waals surface area (Å²) in [6, 6.07) is 7.32. The zero-order valence-corrected chi connectivity index (χ0v) is 16.6. The summed E-state index contributed by atoms with van der Waals surface area (Å²) in [6.45, 7) is 4.26. The predicted molar refractivity (Wildman–Crippen MR) is 103 cm³/mol. The third-order valence-corrected chi connectivity index (χ3v) is 8.33. The van der Waals surface area contributed by atoms with Crippen molar-refractivity contribution < 1.29 is 13.2 Å². The predicted octanol–water partition coefficient (Wildman–Crippen LogP) is 2.98. The van der Waals surface area contributed by atoms with Crippen LogP contribution in [0, 0.1) is 5.92 Å². The lowest BCUT2D eigenvalue weighted by Crippen LogP contribution is -2.37. The van der Waals surface area contributed by atoms with E-state index in [9.17, 15) is 13.2 Å². The number of hydrogen-bond acceptors (Lipinski definition) is 4. The van der Waals surface area contributed by atoms with Gasteiger partial charge in [-0.15, -0.1) is 0 Å². The normalized spacial score (nSPS) is 27.5. The Morgan fingerprint density at radius 3 is 2.80 bits per heavy atom. The third kappa shape index (κ3) is 4.04. The van der Waals surface area contributed by atoms with E-state index in [1.54, 1.807) is 0 Å². The fourth-order valence-corrected chi connectivity index (χ4v) is 7.16. The number of rotatable bonds is 4. The summed E-state index contributed by atoms with van der Waals surface area (Å²) in [5.74, 6) is -0.0553. The molecular formula is C17H21ClN2O3S2. The van der Waals surface area contributed by atoms with Crippen LogP contribution in [0.15, 0.2) is 29.3 Å². The highest BCUT2D eigenvalue weighted by Gasteiger charge is 2.48. The molecule has 0 spiro atoms. The van der Waals surface area contributed by atoms with E-state index in [0.29, 0.717) is 16.7 Å². The van der Waals surface area contributed by atoms with Gasteiger partial charge in [0.15, 0.2) is 15.0 Å². The molecule has 3 atom stereocenters. The molecule has 2 heterocycles. The van der Waals surface area contributed by atoms with E-state index in [2.05, 4.69) is 4.99 Å². The maximum absolute atomic E-state index is 12.3. The van der Waals surface area contributed by atoms with Crippen LogP contribution in [0.4, 0.5) is 0 Å². The first-order chi connectivity index (χ1) is 11.8. The Bertz CT molecular complexity index is 810. The van der Waals surface area contributed by atoms with Gasteiger partial charge in [0.2, 0.25) is 0 Å². The Balaban J connectivity index is 1.91. The molecule has 0 aromatic heterocycles. The van der Waals surface area contributed by atoms with Gasteiger partial charge in [-0.1, -0.05) is 55.4 Å².